The van der Waals surface area contributed by atoms with Gasteiger partial charge in [-0.05, 0) is 30.9 Å². The van der Waals surface area contributed by atoms with E-state index in [-0.39, 0.29) is 10.0 Å². The first kappa shape index (κ1) is 14.3. The SMILES string of the molecule is O=S(=O)(c1ccnc(Cl)c1)N1CCN(CC2CC2)CC1. The molecule has 2 heterocycles. The van der Waals surface area contributed by atoms with E-state index in [9.17, 15) is 8.42 Å². The molecule has 1 aliphatic carbocycles. The number of nitrogens with zero attached hydrogens (tertiary/aromatic N) is 3. The number of pyridine rings is 1. The molecule has 1 saturated heterocycles. The zero-order valence-corrected chi connectivity index (χ0v) is 12.8. The standard InChI is InChI=1S/C13H18ClN3O2S/c14-13-9-12(3-4-15-13)20(18,19)17-7-5-16(6-8-17)10-11-1-2-11/h3-4,9,11H,1-2,5-8,10H2. The van der Waals surface area contributed by atoms with Crippen LogP contribution in [0.3, 0.4) is 0 Å². The molecule has 1 aromatic rings. The minimum absolute atomic E-state index is 0.207. The maximum absolute atomic E-state index is 12.5. The van der Waals surface area contributed by atoms with E-state index in [1.54, 1.807) is 4.31 Å². The van der Waals surface area contributed by atoms with Gasteiger partial charge in [0.15, 0.2) is 0 Å². The van der Waals surface area contributed by atoms with Crippen LogP contribution < -0.4 is 0 Å². The van der Waals surface area contributed by atoms with E-state index in [0.717, 1.165) is 25.6 Å². The van der Waals surface area contributed by atoms with Crippen molar-refractivity contribution in [1.29, 1.82) is 0 Å². The van der Waals surface area contributed by atoms with E-state index >= 15 is 0 Å². The third-order valence-electron chi connectivity index (χ3n) is 3.88. The summed E-state index contributed by atoms with van der Waals surface area (Å²) in [6.45, 7) is 3.85. The number of hydrogen-bond donors (Lipinski definition) is 0. The lowest BCUT2D eigenvalue weighted by atomic mass is 10.3. The van der Waals surface area contributed by atoms with Crippen molar-refractivity contribution in [2.45, 2.75) is 17.7 Å². The maximum Gasteiger partial charge on any atom is 0.243 e. The molecule has 1 aliphatic heterocycles. The average Bonchev–Trinajstić information content (AvgIpc) is 3.23. The number of aromatic nitrogens is 1. The Morgan fingerprint density at radius 1 is 1.25 bits per heavy atom. The van der Waals surface area contributed by atoms with Crippen LogP contribution in [0.5, 0.6) is 0 Å². The van der Waals surface area contributed by atoms with Gasteiger partial charge in [0.2, 0.25) is 10.0 Å². The number of hydrogen-bond acceptors (Lipinski definition) is 4. The molecule has 0 atom stereocenters. The maximum atomic E-state index is 12.5. The fraction of sp³-hybridized carbons (Fsp3) is 0.615. The summed E-state index contributed by atoms with van der Waals surface area (Å²) in [6, 6.07) is 2.91. The van der Waals surface area contributed by atoms with Crippen molar-refractivity contribution in [1.82, 2.24) is 14.2 Å². The summed E-state index contributed by atoms with van der Waals surface area (Å²) in [5.74, 6) is 0.845. The van der Waals surface area contributed by atoms with Crippen molar-refractivity contribution in [2.75, 3.05) is 32.7 Å². The quantitative estimate of drug-likeness (QED) is 0.789. The van der Waals surface area contributed by atoms with Gasteiger partial charge in [0, 0.05) is 38.9 Å². The Morgan fingerprint density at radius 3 is 2.55 bits per heavy atom. The van der Waals surface area contributed by atoms with Crippen LogP contribution in [0.15, 0.2) is 23.2 Å². The van der Waals surface area contributed by atoms with Crippen LogP contribution >= 0.6 is 11.6 Å². The second kappa shape index (κ2) is 5.60. The van der Waals surface area contributed by atoms with Crippen LogP contribution in [0, 0.1) is 5.92 Å². The van der Waals surface area contributed by atoms with Crippen LogP contribution in [0.1, 0.15) is 12.8 Å². The first-order valence-electron chi connectivity index (χ1n) is 6.90. The predicted molar refractivity (Wildman–Crippen MR) is 77.2 cm³/mol. The molecule has 0 aromatic carbocycles. The summed E-state index contributed by atoms with van der Waals surface area (Å²) in [5.41, 5.74) is 0. The molecule has 110 valence electrons. The van der Waals surface area contributed by atoms with Crippen molar-refractivity contribution in [3.05, 3.63) is 23.5 Å². The largest absolute Gasteiger partial charge is 0.300 e. The van der Waals surface area contributed by atoms with Gasteiger partial charge in [-0.2, -0.15) is 4.31 Å². The highest BCUT2D eigenvalue weighted by Crippen LogP contribution is 2.30. The third-order valence-corrected chi connectivity index (χ3v) is 5.98. The minimum Gasteiger partial charge on any atom is -0.300 e. The smallest absolute Gasteiger partial charge is 0.243 e. The van der Waals surface area contributed by atoms with E-state index < -0.39 is 10.0 Å². The fourth-order valence-corrected chi connectivity index (χ4v) is 4.19. The molecule has 5 nitrogen and oxygen atoms in total. The van der Waals surface area contributed by atoms with Gasteiger partial charge < -0.3 is 4.90 Å². The molecule has 0 bridgehead atoms. The molecule has 0 spiro atoms. The third kappa shape index (κ3) is 3.14. The Bertz CT molecular complexity index is 581. The molecular weight excluding hydrogens is 298 g/mol. The first-order chi connectivity index (χ1) is 9.55. The summed E-state index contributed by atoms with van der Waals surface area (Å²) < 4.78 is 26.5. The van der Waals surface area contributed by atoms with Crippen molar-refractivity contribution in [3.63, 3.8) is 0 Å². The second-order valence-corrected chi connectivity index (χ2v) is 7.79. The normalized spacial score (nSPS) is 22.1. The van der Waals surface area contributed by atoms with E-state index in [4.69, 9.17) is 11.6 Å². The zero-order valence-electron chi connectivity index (χ0n) is 11.2. The van der Waals surface area contributed by atoms with Gasteiger partial charge in [-0.25, -0.2) is 13.4 Å². The topological polar surface area (TPSA) is 53.5 Å². The fourth-order valence-electron chi connectivity index (χ4n) is 2.51. The molecule has 3 rings (SSSR count). The molecular formula is C13H18ClN3O2S. The molecule has 0 N–H and O–H groups in total. The van der Waals surface area contributed by atoms with Gasteiger partial charge in [-0.3, -0.25) is 0 Å². The lowest BCUT2D eigenvalue weighted by Gasteiger charge is -2.34. The average molecular weight is 316 g/mol. The van der Waals surface area contributed by atoms with Crippen LogP contribution in [-0.4, -0.2) is 55.3 Å². The first-order valence-corrected chi connectivity index (χ1v) is 8.71. The molecule has 20 heavy (non-hydrogen) atoms. The van der Waals surface area contributed by atoms with Gasteiger partial charge in [-0.15, -0.1) is 0 Å². The van der Waals surface area contributed by atoms with E-state index in [2.05, 4.69) is 9.88 Å². The van der Waals surface area contributed by atoms with Crippen LogP contribution in [-0.2, 0) is 10.0 Å². The predicted octanol–water partition coefficient (Wildman–Crippen LogP) is 1.45. The molecule has 0 amide bonds. The molecule has 1 aromatic heterocycles. The summed E-state index contributed by atoms with van der Waals surface area (Å²) in [6.07, 6.45) is 4.08. The second-order valence-electron chi connectivity index (χ2n) is 5.46. The van der Waals surface area contributed by atoms with Crippen molar-refractivity contribution >= 4 is 21.6 Å². The Labute approximate surface area is 124 Å². The zero-order chi connectivity index (χ0) is 14.2. The highest BCUT2D eigenvalue weighted by atomic mass is 35.5. The Balaban J connectivity index is 1.66. The summed E-state index contributed by atoms with van der Waals surface area (Å²) in [4.78, 5) is 6.42. The lowest BCUT2D eigenvalue weighted by molar-refractivity contribution is 0.182. The molecule has 7 heteroatoms. The van der Waals surface area contributed by atoms with E-state index in [0.29, 0.717) is 13.1 Å². The molecule has 2 fully saturated rings. The highest BCUT2D eigenvalue weighted by molar-refractivity contribution is 7.89. The van der Waals surface area contributed by atoms with Gasteiger partial charge in [0.05, 0.1) is 4.90 Å². The number of rotatable bonds is 4. The van der Waals surface area contributed by atoms with E-state index in [1.807, 2.05) is 0 Å². The van der Waals surface area contributed by atoms with Gasteiger partial charge >= 0.3 is 0 Å². The molecule has 0 unspecified atom stereocenters. The van der Waals surface area contributed by atoms with Crippen LogP contribution in [0.4, 0.5) is 0 Å². The van der Waals surface area contributed by atoms with Crippen molar-refractivity contribution in [2.24, 2.45) is 5.92 Å². The lowest BCUT2D eigenvalue weighted by Crippen LogP contribution is -2.49. The summed E-state index contributed by atoms with van der Waals surface area (Å²) in [5, 5.41) is 0.207. The van der Waals surface area contributed by atoms with Crippen LogP contribution in [0.25, 0.3) is 0 Å². The molecule has 0 radical (unpaired) electrons. The molecule has 2 aliphatic rings. The van der Waals surface area contributed by atoms with Crippen molar-refractivity contribution < 1.29 is 8.42 Å². The van der Waals surface area contributed by atoms with Crippen molar-refractivity contribution in [3.8, 4) is 0 Å². The van der Waals surface area contributed by atoms with Gasteiger partial charge in [-0.1, -0.05) is 11.6 Å². The Morgan fingerprint density at radius 2 is 1.95 bits per heavy atom. The summed E-state index contributed by atoms with van der Waals surface area (Å²) in [7, 11) is -3.44. The number of halogens is 1. The highest BCUT2D eigenvalue weighted by Gasteiger charge is 2.31. The summed E-state index contributed by atoms with van der Waals surface area (Å²) >= 11 is 5.77. The van der Waals surface area contributed by atoms with Crippen LogP contribution in [0.2, 0.25) is 5.15 Å². The van der Waals surface area contributed by atoms with Gasteiger partial charge in [0.1, 0.15) is 5.15 Å². The monoisotopic (exact) mass is 315 g/mol. The Kier molecular flexibility index (Phi) is 3.99. The van der Waals surface area contributed by atoms with Gasteiger partial charge in [0.25, 0.3) is 0 Å². The number of sulfonamides is 1. The number of piperazine rings is 1. The van der Waals surface area contributed by atoms with E-state index in [1.165, 1.54) is 31.2 Å². The molecule has 1 saturated carbocycles. The minimum atomic E-state index is -3.44. The Hall–Kier alpha value is -0.690.